The molecule has 0 aliphatic rings. The summed E-state index contributed by atoms with van der Waals surface area (Å²) in [5.41, 5.74) is 0. The number of rotatable bonds is 40. The molecule has 8 heteroatoms. The van der Waals surface area contributed by atoms with Crippen molar-refractivity contribution in [1.82, 2.24) is 9.80 Å². The van der Waals surface area contributed by atoms with Crippen molar-refractivity contribution in [2.24, 2.45) is 0 Å². The van der Waals surface area contributed by atoms with Gasteiger partial charge in [-0.15, -0.1) is 0 Å². The standard InChI is InChI=1S/C43H86N2O5S/c1-4-7-9-11-13-15-17-19-21-23-25-27-29-31-33-35-37-42(46)44(6-3)39-40-45(41-51(48,49)50)43(47)38-36-34-32-30-28-26-24-22-20-18-16-14-12-10-8-5-2/h4-41H2,1-3H3,(H,48,49,50). The van der Waals surface area contributed by atoms with Gasteiger partial charge in [0.15, 0.2) is 0 Å². The van der Waals surface area contributed by atoms with Crippen LogP contribution >= 0.6 is 0 Å². The first-order valence-electron chi connectivity index (χ1n) is 22.3. The Hall–Kier alpha value is -1.15. The molecule has 0 radical (unpaired) electrons. The van der Waals surface area contributed by atoms with E-state index < -0.39 is 16.0 Å². The lowest BCUT2D eigenvalue weighted by molar-refractivity contribution is -0.134. The lowest BCUT2D eigenvalue weighted by Crippen LogP contribution is -2.43. The number of carbonyl (C=O) groups excluding carboxylic acids is 2. The average Bonchev–Trinajstić information content (AvgIpc) is 3.10. The van der Waals surface area contributed by atoms with Crippen LogP contribution in [0.2, 0.25) is 0 Å². The molecule has 1 N–H and O–H groups in total. The van der Waals surface area contributed by atoms with E-state index >= 15 is 0 Å². The third-order valence-corrected chi connectivity index (χ3v) is 11.2. The Balaban J connectivity index is 4.02. The van der Waals surface area contributed by atoms with E-state index in [-0.39, 0.29) is 31.3 Å². The van der Waals surface area contributed by atoms with Crippen molar-refractivity contribution >= 4 is 21.9 Å². The molecule has 0 fully saturated rings. The molecule has 0 unspecified atom stereocenters. The topological polar surface area (TPSA) is 95.0 Å². The van der Waals surface area contributed by atoms with Crippen LogP contribution < -0.4 is 0 Å². The smallest absolute Gasteiger partial charge is 0.283 e. The van der Waals surface area contributed by atoms with Crippen LogP contribution in [0.4, 0.5) is 0 Å². The number of carbonyl (C=O) groups is 2. The number of unbranched alkanes of at least 4 members (excludes halogenated alkanes) is 30. The zero-order valence-corrected chi connectivity index (χ0v) is 35.1. The van der Waals surface area contributed by atoms with Gasteiger partial charge in [-0.25, -0.2) is 0 Å². The van der Waals surface area contributed by atoms with Gasteiger partial charge in [-0.05, 0) is 19.8 Å². The second kappa shape index (κ2) is 37.2. The first-order chi connectivity index (χ1) is 24.7. The minimum absolute atomic E-state index is 0.0555. The molecule has 7 nitrogen and oxygen atoms in total. The first-order valence-corrected chi connectivity index (χ1v) is 23.9. The zero-order valence-electron chi connectivity index (χ0n) is 34.3. The summed E-state index contributed by atoms with van der Waals surface area (Å²) >= 11 is 0. The summed E-state index contributed by atoms with van der Waals surface area (Å²) < 4.78 is 32.8. The highest BCUT2D eigenvalue weighted by molar-refractivity contribution is 7.85. The third-order valence-electron chi connectivity index (χ3n) is 10.5. The largest absolute Gasteiger partial charge is 0.341 e. The highest BCUT2D eigenvalue weighted by Gasteiger charge is 2.21. The molecule has 0 saturated heterocycles. The lowest BCUT2D eigenvalue weighted by atomic mass is 10.0. The Morgan fingerprint density at radius 1 is 0.392 bits per heavy atom. The summed E-state index contributed by atoms with van der Waals surface area (Å²) in [5, 5.41) is 0. The van der Waals surface area contributed by atoms with Crippen molar-refractivity contribution in [3.63, 3.8) is 0 Å². The SMILES string of the molecule is CCCCCCCCCCCCCCCCCCC(=O)N(CC)CCN(CS(=O)(=O)O)C(=O)CCCCCCCCCCCCCCCCCC. The lowest BCUT2D eigenvalue weighted by Gasteiger charge is -2.26. The fourth-order valence-electron chi connectivity index (χ4n) is 7.12. The van der Waals surface area contributed by atoms with Crippen molar-refractivity contribution in [3.8, 4) is 0 Å². The number of hydrogen-bond donors (Lipinski definition) is 1. The van der Waals surface area contributed by atoms with Gasteiger partial charge in [0.1, 0.15) is 5.88 Å². The summed E-state index contributed by atoms with van der Waals surface area (Å²) in [7, 11) is -4.34. The molecule has 0 saturated carbocycles. The van der Waals surface area contributed by atoms with E-state index in [0.717, 1.165) is 38.5 Å². The molecule has 304 valence electrons. The van der Waals surface area contributed by atoms with Crippen LogP contribution in [0.3, 0.4) is 0 Å². The number of likely N-dealkylation sites (N-methyl/N-ethyl adjacent to an activating group) is 1. The molecular formula is C43H86N2O5S. The maximum absolute atomic E-state index is 12.9. The summed E-state index contributed by atoms with van der Waals surface area (Å²) in [5.74, 6) is -0.922. The molecule has 0 aromatic rings. The molecule has 2 amide bonds. The first kappa shape index (κ1) is 49.9. The van der Waals surface area contributed by atoms with Crippen molar-refractivity contribution in [3.05, 3.63) is 0 Å². The second-order valence-corrected chi connectivity index (χ2v) is 16.9. The monoisotopic (exact) mass is 743 g/mol. The van der Waals surface area contributed by atoms with E-state index in [2.05, 4.69) is 13.8 Å². The molecule has 0 bridgehead atoms. The van der Waals surface area contributed by atoms with E-state index in [1.54, 1.807) is 4.90 Å². The molecule has 0 atom stereocenters. The number of amides is 2. The van der Waals surface area contributed by atoms with Crippen LogP contribution in [0, 0.1) is 0 Å². The van der Waals surface area contributed by atoms with Gasteiger partial charge in [0, 0.05) is 32.5 Å². The molecule has 0 spiro atoms. The fraction of sp³-hybridized carbons (Fsp3) is 0.953. The maximum Gasteiger partial charge on any atom is 0.283 e. The molecule has 0 aromatic heterocycles. The van der Waals surface area contributed by atoms with E-state index in [4.69, 9.17) is 0 Å². The molecule has 0 aromatic carbocycles. The van der Waals surface area contributed by atoms with Crippen molar-refractivity contribution in [1.29, 1.82) is 0 Å². The van der Waals surface area contributed by atoms with Gasteiger partial charge in [0.05, 0.1) is 0 Å². The van der Waals surface area contributed by atoms with Gasteiger partial charge in [-0.3, -0.25) is 14.1 Å². The molecule has 0 heterocycles. The summed E-state index contributed by atoms with van der Waals surface area (Å²) in [6, 6.07) is 0. The van der Waals surface area contributed by atoms with Gasteiger partial charge in [-0.1, -0.05) is 206 Å². The summed E-state index contributed by atoms with van der Waals surface area (Å²) in [6.07, 6.45) is 41.6. The fourth-order valence-corrected chi connectivity index (χ4v) is 7.79. The molecule has 0 aliphatic carbocycles. The predicted molar refractivity (Wildman–Crippen MR) is 219 cm³/mol. The predicted octanol–water partition coefficient (Wildman–Crippen LogP) is 12.8. The van der Waals surface area contributed by atoms with Gasteiger partial charge < -0.3 is 9.80 Å². The van der Waals surface area contributed by atoms with E-state index in [1.807, 2.05) is 6.92 Å². The van der Waals surface area contributed by atoms with Crippen molar-refractivity contribution in [2.45, 2.75) is 239 Å². The van der Waals surface area contributed by atoms with Gasteiger partial charge in [0.25, 0.3) is 10.1 Å². The molecule has 0 rings (SSSR count). The van der Waals surface area contributed by atoms with Crippen molar-refractivity contribution in [2.75, 3.05) is 25.5 Å². The third kappa shape index (κ3) is 35.6. The van der Waals surface area contributed by atoms with Crippen LogP contribution in [0.15, 0.2) is 0 Å². The summed E-state index contributed by atoms with van der Waals surface area (Å²) in [4.78, 5) is 28.7. The van der Waals surface area contributed by atoms with Crippen LogP contribution in [-0.4, -0.2) is 60.1 Å². The number of nitrogens with zero attached hydrogens (tertiary/aromatic N) is 2. The van der Waals surface area contributed by atoms with E-state index in [9.17, 15) is 22.6 Å². The molecular weight excluding hydrogens is 657 g/mol. The van der Waals surface area contributed by atoms with Gasteiger partial charge >= 0.3 is 0 Å². The Labute approximate surface area is 318 Å². The number of hydrogen-bond acceptors (Lipinski definition) is 4. The molecule has 0 aliphatic heterocycles. The normalized spacial score (nSPS) is 11.7. The van der Waals surface area contributed by atoms with Crippen LogP contribution in [0.1, 0.15) is 239 Å². The Morgan fingerprint density at radius 3 is 0.882 bits per heavy atom. The van der Waals surface area contributed by atoms with Gasteiger partial charge in [-0.2, -0.15) is 8.42 Å². The minimum atomic E-state index is -4.34. The van der Waals surface area contributed by atoms with Crippen LogP contribution in [0.5, 0.6) is 0 Å². The Morgan fingerprint density at radius 2 is 0.627 bits per heavy atom. The molecule has 51 heavy (non-hydrogen) atoms. The van der Waals surface area contributed by atoms with Crippen LogP contribution in [-0.2, 0) is 19.7 Å². The highest BCUT2D eigenvalue weighted by Crippen LogP contribution is 2.16. The quantitative estimate of drug-likeness (QED) is 0.0498. The second-order valence-electron chi connectivity index (χ2n) is 15.4. The van der Waals surface area contributed by atoms with Crippen LogP contribution in [0.25, 0.3) is 0 Å². The van der Waals surface area contributed by atoms with E-state index in [1.165, 1.54) is 172 Å². The Kier molecular flexibility index (Phi) is 36.3. The summed E-state index contributed by atoms with van der Waals surface area (Å²) in [6.45, 7) is 7.37. The maximum atomic E-state index is 12.9. The highest BCUT2D eigenvalue weighted by atomic mass is 32.2. The van der Waals surface area contributed by atoms with Gasteiger partial charge in [0.2, 0.25) is 11.8 Å². The van der Waals surface area contributed by atoms with Crippen molar-refractivity contribution < 1.29 is 22.6 Å². The average molecular weight is 743 g/mol. The zero-order chi connectivity index (χ0) is 37.7. The minimum Gasteiger partial charge on any atom is -0.341 e. The van der Waals surface area contributed by atoms with E-state index in [0.29, 0.717) is 13.0 Å². The Bertz CT molecular complexity index is 882.